The molecule has 90 valence electrons. The van der Waals surface area contributed by atoms with E-state index in [1.165, 1.54) is 12.1 Å². The maximum Gasteiger partial charge on any atom is 0.335 e. The van der Waals surface area contributed by atoms with Gasteiger partial charge in [0.2, 0.25) is 5.91 Å². The van der Waals surface area contributed by atoms with E-state index in [1.807, 2.05) is 0 Å². The second-order valence-electron chi connectivity index (χ2n) is 4.09. The Balaban J connectivity index is 2.12. The van der Waals surface area contributed by atoms with Gasteiger partial charge < -0.3 is 20.9 Å². The molecule has 0 aliphatic carbocycles. The largest absolute Gasteiger partial charge is 0.478 e. The lowest BCUT2D eigenvalue weighted by molar-refractivity contribution is -0.146. The quantitative estimate of drug-likeness (QED) is 0.638. The molecule has 17 heavy (non-hydrogen) atoms. The number of carboxylic acids is 1. The minimum Gasteiger partial charge on any atom is -0.478 e. The normalized spacial score (nSPS) is 26.9. The van der Waals surface area contributed by atoms with Crippen molar-refractivity contribution in [2.75, 3.05) is 0 Å². The molecule has 0 radical (unpaired) electrons. The number of hydrogen-bond acceptors (Lipinski definition) is 4. The zero-order valence-corrected chi connectivity index (χ0v) is 9.14. The summed E-state index contributed by atoms with van der Waals surface area (Å²) in [6.45, 7) is 1.55. The van der Waals surface area contributed by atoms with E-state index in [0.29, 0.717) is 5.75 Å². The number of nitrogens with two attached hydrogens (primary N) is 1. The summed E-state index contributed by atoms with van der Waals surface area (Å²) in [6.07, 6.45) is -0.640. The molecule has 6 heteroatoms. The van der Waals surface area contributed by atoms with Crippen molar-refractivity contribution in [3.8, 4) is 5.75 Å². The zero-order chi connectivity index (χ0) is 12.6. The van der Waals surface area contributed by atoms with Gasteiger partial charge in [0, 0.05) is 0 Å². The maximum atomic E-state index is 11.1. The lowest BCUT2D eigenvalue weighted by atomic mass is 9.92. The van der Waals surface area contributed by atoms with Gasteiger partial charge in [-0.25, -0.2) is 4.79 Å². The molecule has 1 fully saturated rings. The van der Waals surface area contributed by atoms with Crippen molar-refractivity contribution < 1.29 is 19.4 Å². The summed E-state index contributed by atoms with van der Waals surface area (Å²) in [4.78, 5) is 21.9. The molecule has 1 saturated heterocycles. The molecule has 1 aliphatic rings. The Kier molecular flexibility index (Phi) is 2.51. The number of nitrogens with one attached hydrogen (secondary N) is 1. The van der Waals surface area contributed by atoms with Crippen LogP contribution in [0.5, 0.6) is 5.75 Å². The lowest BCUT2D eigenvalue weighted by Crippen LogP contribution is -2.77. The third-order valence-corrected chi connectivity index (χ3v) is 2.63. The van der Waals surface area contributed by atoms with Crippen LogP contribution < -0.4 is 15.8 Å². The van der Waals surface area contributed by atoms with Gasteiger partial charge in [-0.3, -0.25) is 4.79 Å². The first-order valence-corrected chi connectivity index (χ1v) is 5.01. The van der Waals surface area contributed by atoms with E-state index in [9.17, 15) is 9.59 Å². The molecule has 1 heterocycles. The molecular formula is C11H12N2O4. The highest BCUT2D eigenvalue weighted by molar-refractivity contribution is 5.93. The monoisotopic (exact) mass is 236 g/mol. The summed E-state index contributed by atoms with van der Waals surface area (Å²) in [5, 5.41) is 11.3. The van der Waals surface area contributed by atoms with Gasteiger partial charge in [-0.15, -0.1) is 0 Å². The Hall–Kier alpha value is -2.08. The average molecular weight is 236 g/mol. The number of amides is 1. The summed E-state index contributed by atoms with van der Waals surface area (Å²) < 4.78 is 5.41. The van der Waals surface area contributed by atoms with Crippen LogP contribution in [0.15, 0.2) is 24.3 Å². The van der Waals surface area contributed by atoms with Crippen LogP contribution in [-0.4, -0.2) is 28.7 Å². The van der Waals surface area contributed by atoms with Crippen molar-refractivity contribution >= 4 is 11.9 Å². The molecule has 0 saturated carbocycles. The van der Waals surface area contributed by atoms with Crippen LogP contribution in [0.1, 0.15) is 17.3 Å². The number of carboxylic acid groups (broad SMARTS) is 1. The molecule has 0 aromatic heterocycles. The summed E-state index contributed by atoms with van der Waals surface area (Å²) in [5.41, 5.74) is 4.74. The Morgan fingerprint density at radius 2 is 2.29 bits per heavy atom. The fraction of sp³-hybridized carbons (Fsp3) is 0.273. The second kappa shape index (κ2) is 3.74. The third kappa shape index (κ3) is 1.94. The van der Waals surface area contributed by atoms with Crippen LogP contribution in [0.3, 0.4) is 0 Å². The van der Waals surface area contributed by atoms with Crippen molar-refractivity contribution in [3.63, 3.8) is 0 Å². The van der Waals surface area contributed by atoms with Crippen LogP contribution in [0.2, 0.25) is 0 Å². The molecular weight excluding hydrogens is 224 g/mol. The molecule has 1 aromatic rings. The third-order valence-electron chi connectivity index (χ3n) is 2.63. The summed E-state index contributed by atoms with van der Waals surface area (Å²) in [7, 11) is 0. The molecule has 1 aliphatic heterocycles. The maximum absolute atomic E-state index is 11.1. The van der Waals surface area contributed by atoms with Crippen LogP contribution in [-0.2, 0) is 4.79 Å². The van der Waals surface area contributed by atoms with Crippen molar-refractivity contribution in [1.29, 1.82) is 0 Å². The first-order chi connectivity index (χ1) is 7.91. The van der Waals surface area contributed by atoms with Gasteiger partial charge in [0.25, 0.3) is 0 Å². The molecule has 0 bridgehead atoms. The van der Waals surface area contributed by atoms with E-state index in [4.69, 9.17) is 15.6 Å². The van der Waals surface area contributed by atoms with E-state index in [-0.39, 0.29) is 11.5 Å². The van der Waals surface area contributed by atoms with Gasteiger partial charge >= 0.3 is 5.97 Å². The van der Waals surface area contributed by atoms with Gasteiger partial charge in [0.05, 0.1) is 5.56 Å². The first-order valence-electron chi connectivity index (χ1n) is 5.01. The van der Waals surface area contributed by atoms with Crippen LogP contribution in [0, 0.1) is 0 Å². The standard InChI is InChI=1S/C11H12N2O4/c1-11(12)9(16)13-10(11)17-7-4-2-3-6(5-7)8(14)15/h2-5,10H,12H2,1H3,(H,13,16)(H,14,15)/t10-,11+/m0/s1. The fourth-order valence-electron chi connectivity index (χ4n) is 1.46. The number of carbonyl (C=O) groups excluding carboxylic acids is 1. The van der Waals surface area contributed by atoms with Gasteiger partial charge in [0.15, 0.2) is 6.23 Å². The van der Waals surface area contributed by atoms with Crippen molar-refractivity contribution in [2.24, 2.45) is 5.73 Å². The predicted molar refractivity (Wildman–Crippen MR) is 58.6 cm³/mol. The van der Waals surface area contributed by atoms with E-state index in [0.717, 1.165) is 0 Å². The number of ether oxygens (including phenoxy) is 1. The fourth-order valence-corrected chi connectivity index (χ4v) is 1.46. The number of benzene rings is 1. The Labute approximate surface area is 97.4 Å². The average Bonchev–Trinajstić information content (AvgIpc) is 2.29. The van der Waals surface area contributed by atoms with Gasteiger partial charge in [-0.05, 0) is 25.1 Å². The highest BCUT2D eigenvalue weighted by Gasteiger charge is 2.50. The van der Waals surface area contributed by atoms with E-state index in [2.05, 4.69) is 5.32 Å². The van der Waals surface area contributed by atoms with Gasteiger partial charge in [0.1, 0.15) is 11.3 Å². The molecule has 1 aromatic carbocycles. The summed E-state index contributed by atoms with van der Waals surface area (Å²) >= 11 is 0. The Bertz CT molecular complexity index is 484. The second-order valence-corrected chi connectivity index (χ2v) is 4.09. The van der Waals surface area contributed by atoms with Crippen LogP contribution in [0.25, 0.3) is 0 Å². The smallest absolute Gasteiger partial charge is 0.335 e. The Morgan fingerprint density at radius 1 is 1.59 bits per heavy atom. The zero-order valence-electron chi connectivity index (χ0n) is 9.14. The molecule has 2 rings (SSSR count). The van der Waals surface area contributed by atoms with Crippen LogP contribution >= 0.6 is 0 Å². The van der Waals surface area contributed by atoms with Gasteiger partial charge in [-0.2, -0.15) is 0 Å². The van der Waals surface area contributed by atoms with E-state index < -0.39 is 17.7 Å². The van der Waals surface area contributed by atoms with Crippen molar-refractivity contribution in [3.05, 3.63) is 29.8 Å². The van der Waals surface area contributed by atoms with E-state index in [1.54, 1.807) is 19.1 Å². The minimum absolute atomic E-state index is 0.117. The molecule has 1 amide bonds. The molecule has 0 spiro atoms. The van der Waals surface area contributed by atoms with Crippen molar-refractivity contribution in [2.45, 2.75) is 18.7 Å². The lowest BCUT2D eigenvalue weighted by Gasteiger charge is -2.42. The summed E-state index contributed by atoms with van der Waals surface area (Å²) in [6, 6.07) is 6.00. The van der Waals surface area contributed by atoms with Crippen molar-refractivity contribution in [1.82, 2.24) is 5.32 Å². The van der Waals surface area contributed by atoms with Gasteiger partial charge in [-0.1, -0.05) is 6.07 Å². The van der Waals surface area contributed by atoms with E-state index >= 15 is 0 Å². The molecule has 4 N–H and O–H groups in total. The Morgan fingerprint density at radius 3 is 2.82 bits per heavy atom. The number of rotatable bonds is 3. The molecule has 2 atom stereocenters. The molecule has 6 nitrogen and oxygen atoms in total. The number of carbonyl (C=O) groups is 2. The highest BCUT2D eigenvalue weighted by Crippen LogP contribution is 2.22. The minimum atomic E-state index is -1.08. The summed E-state index contributed by atoms with van der Waals surface area (Å²) in [5.74, 6) is -0.980. The highest BCUT2D eigenvalue weighted by atomic mass is 16.5. The number of β-lactam (4-membered cyclic amide) rings is 1. The molecule has 0 unspecified atom stereocenters. The number of aromatic carboxylic acids is 1. The topological polar surface area (TPSA) is 102 Å². The SMILES string of the molecule is C[C@@]1(N)C(=O)N[C@H]1Oc1cccc(C(=O)O)c1. The van der Waals surface area contributed by atoms with Crippen LogP contribution in [0.4, 0.5) is 0 Å². The first kappa shape index (κ1) is 11.4. The number of hydrogen-bond donors (Lipinski definition) is 3. The predicted octanol–water partition coefficient (Wildman–Crippen LogP) is -0.0631.